The molecule has 9 heteroatoms. The van der Waals surface area contributed by atoms with Gasteiger partial charge in [0.2, 0.25) is 11.8 Å². The van der Waals surface area contributed by atoms with E-state index in [9.17, 15) is 17.6 Å². The van der Waals surface area contributed by atoms with Crippen LogP contribution in [0.1, 0.15) is 19.2 Å². The highest BCUT2D eigenvalue weighted by Gasteiger charge is 2.46. The molecule has 2 unspecified atom stereocenters. The molecule has 2 heterocycles. The van der Waals surface area contributed by atoms with Crippen LogP contribution in [0.5, 0.6) is 0 Å². The molecule has 1 aromatic rings. The Bertz CT molecular complexity index is 435. The van der Waals surface area contributed by atoms with Gasteiger partial charge in [-0.25, -0.2) is 8.78 Å². The monoisotopic (exact) mass is 281 g/mol. The van der Waals surface area contributed by atoms with Crippen molar-refractivity contribution in [1.29, 1.82) is 0 Å². The Hall–Kier alpha value is -1.38. The first-order chi connectivity index (χ1) is 8.82. The van der Waals surface area contributed by atoms with Gasteiger partial charge >= 0.3 is 12.3 Å². The molecule has 0 saturated carbocycles. The van der Waals surface area contributed by atoms with E-state index in [-0.39, 0.29) is 12.0 Å². The van der Waals surface area contributed by atoms with Gasteiger partial charge in [-0.15, -0.1) is 5.10 Å². The molecule has 0 bridgehead atoms. The van der Waals surface area contributed by atoms with E-state index >= 15 is 0 Å². The zero-order valence-corrected chi connectivity index (χ0v) is 10.3. The van der Waals surface area contributed by atoms with Gasteiger partial charge in [0.25, 0.3) is 0 Å². The van der Waals surface area contributed by atoms with E-state index in [1.807, 2.05) is 12.0 Å². The van der Waals surface area contributed by atoms with Gasteiger partial charge < -0.3 is 10.6 Å². The first kappa shape index (κ1) is 14.0. The maximum Gasteiger partial charge on any atom is 0.365 e. The molecule has 2 rings (SSSR count). The maximum atomic E-state index is 13.1. The Kier molecular flexibility index (Phi) is 3.66. The fourth-order valence-corrected chi connectivity index (χ4v) is 1.93. The summed E-state index contributed by atoms with van der Waals surface area (Å²) in [6.45, 7) is 2.97. The van der Waals surface area contributed by atoms with Gasteiger partial charge in [0.1, 0.15) is 0 Å². The van der Waals surface area contributed by atoms with Crippen LogP contribution in [0.4, 0.5) is 23.5 Å². The molecule has 0 radical (unpaired) electrons. The molecular formula is C10H15F4N5. The molecule has 1 saturated heterocycles. The first-order valence-corrected chi connectivity index (χ1v) is 5.91. The van der Waals surface area contributed by atoms with Crippen molar-refractivity contribution in [2.24, 2.45) is 11.7 Å². The molecule has 1 aromatic heterocycles. The molecule has 1 aliphatic heterocycles. The van der Waals surface area contributed by atoms with Crippen LogP contribution in [-0.4, -0.2) is 40.7 Å². The number of rotatable bonds is 3. The van der Waals surface area contributed by atoms with Crippen molar-refractivity contribution in [3.63, 3.8) is 0 Å². The van der Waals surface area contributed by atoms with Gasteiger partial charge in [-0.2, -0.15) is 13.8 Å². The van der Waals surface area contributed by atoms with Crippen molar-refractivity contribution in [1.82, 2.24) is 15.2 Å². The largest absolute Gasteiger partial charge is 0.365 e. The van der Waals surface area contributed by atoms with Crippen molar-refractivity contribution in [2.75, 3.05) is 18.0 Å². The quantitative estimate of drug-likeness (QED) is 0.820. The number of nitrogens with one attached hydrogen (secondary N) is 1. The molecule has 3 N–H and O–H groups in total. The van der Waals surface area contributed by atoms with Gasteiger partial charge in [0, 0.05) is 19.1 Å². The summed E-state index contributed by atoms with van der Waals surface area (Å²) < 4.78 is 50.5. The maximum absolute atomic E-state index is 13.1. The zero-order chi connectivity index (χ0) is 14.2. The molecule has 0 aromatic carbocycles. The van der Waals surface area contributed by atoms with Crippen molar-refractivity contribution in [3.8, 4) is 0 Å². The van der Waals surface area contributed by atoms with Crippen molar-refractivity contribution >= 4 is 5.95 Å². The number of anilines is 1. The SMILES string of the molecule is CC1CCN(c2n[nH]c(C(F)(F)C(F)F)n2)CC1N. The van der Waals surface area contributed by atoms with E-state index in [1.54, 1.807) is 4.90 Å². The molecule has 0 amide bonds. The summed E-state index contributed by atoms with van der Waals surface area (Å²) in [4.78, 5) is 5.08. The number of piperidine rings is 1. The number of halogens is 4. The van der Waals surface area contributed by atoms with Gasteiger partial charge in [-0.1, -0.05) is 6.92 Å². The van der Waals surface area contributed by atoms with Gasteiger partial charge in [0.15, 0.2) is 0 Å². The van der Waals surface area contributed by atoms with E-state index < -0.39 is 18.2 Å². The number of aromatic nitrogens is 3. The van der Waals surface area contributed by atoms with Crippen LogP contribution >= 0.6 is 0 Å². The highest BCUT2D eigenvalue weighted by atomic mass is 19.3. The summed E-state index contributed by atoms with van der Waals surface area (Å²) in [6.07, 6.45) is -3.05. The zero-order valence-electron chi connectivity index (χ0n) is 10.3. The summed E-state index contributed by atoms with van der Waals surface area (Å²) in [7, 11) is 0. The number of hydrogen-bond acceptors (Lipinski definition) is 4. The lowest BCUT2D eigenvalue weighted by molar-refractivity contribution is -0.140. The first-order valence-electron chi connectivity index (χ1n) is 5.91. The number of hydrogen-bond donors (Lipinski definition) is 2. The Morgan fingerprint density at radius 1 is 1.47 bits per heavy atom. The van der Waals surface area contributed by atoms with E-state index in [0.717, 1.165) is 6.42 Å². The minimum Gasteiger partial charge on any atom is -0.338 e. The normalized spacial score (nSPS) is 25.1. The molecule has 5 nitrogen and oxygen atoms in total. The third-order valence-electron chi connectivity index (χ3n) is 3.36. The van der Waals surface area contributed by atoms with E-state index in [2.05, 4.69) is 10.1 Å². The lowest BCUT2D eigenvalue weighted by Crippen LogP contribution is -2.48. The van der Waals surface area contributed by atoms with Crippen LogP contribution in [0.3, 0.4) is 0 Å². The standard InChI is InChI=1S/C10H15F4N5/c1-5-2-3-19(4-6(5)15)9-16-8(17-18-9)10(13,14)7(11)12/h5-7H,2-4,15H2,1H3,(H,16,17,18). The fraction of sp³-hybridized carbons (Fsp3) is 0.800. The smallest absolute Gasteiger partial charge is 0.338 e. The predicted molar refractivity (Wildman–Crippen MR) is 60.3 cm³/mol. The van der Waals surface area contributed by atoms with Crippen LogP contribution in [0.15, 0.2) is 0 Å². The Balaban J connectivity index is 2.14. The molecule has 1 aliphatic rings. The number of nitrogens with two attached hydrogens (primary N) is 1. The molecule has 0 aliphatic carbocycles. The topological polar surface area (TPSA) is 70.8 Å². The minimum absolute atomic E-state index is 0.0160. The Morgan fingerprint density at radius 3 is 2.74 bits per heavy atom. The van der Waals surface area contributed by atoms with Crippen LogP contribution in [0.25, 0.3) is 0 Å². The second kappa shape index (κ2) is 4.95. The van der Waals surface area contributed by atoms with Crippen LogP contribution in [0.2, 0.25) is 0 Å². The lowest BCUT2D eigenvalue weighted by Gasteiger charge is -2.34. The molecule has 19 heavy (non-hydrogen) atoms. The lowest BCUT2D eigenvalue weighted by atomic mass is 9.95. The highest BCUT2D eigenvalue weighted by Crippen LogP contribution is 2.33. The fourth-order valence-electron chi connectivity index (χ4n) is 1.93. The molecule has 2 atom stereocenters. The third kappa shape index (κ3) is 2.65. The van der Waals surface area contributed by atoms with E-state index in [4.69, 9.17) is 5.73 Å². The van der Waals surface area contributed by atoms with Crippen molar-refractivity contribution in [2.45, 2.75) is 31.7 Å². The Morgan fingerprint density at radius 2 is 2.16 bits per heavy atom. The van der Waals surface area contributed by atoms with Crippen LogP contribution in [-0.2, 0) is 5.92 Å². The summed E-state index contributed by atoms with van der Waals surface area (Å²) in [5.74, 6) is -5.14. The minimum atomic E-state index is -4.32. The van der Waals surface area contributed by atoms with E-state index in [0.29, 0.717) is 19.0 Å². The van der Waals surface area contributed by atoms with E-state index in [1.165, 1.54) is 0 Å². The average molecular weight is 281 g/mol. The summed E-state index contributed by atoms with van der Waals surface area (Å²) in [6, 6.07) is -0.119. The van der Waals surface area contributed by atoms with Gasteiger partial charge in [-0.3, -0.25) is 5.10 Å². The number of alkyl halides is 4. The van der Waals surface area contributed by atoms with Crippen molar-refractivity contribution < 1.29 is 17.6 Å². The molecular weight excluding hydrogens is 266 g/mol. The number of H-pyrrole nitrogens is 1. The predicted octanol–water partition coefficient (Wildman–Crippen LogP) is 1.34. The van der Waals surface area contributed by atoms with Crippen LogP contribution in [0, 0.1) is 5.92 Å². The molecule has 0 spiro atoms. The summed E-state index contributed by atoms with van der Waals surface area (Å²) in [5, 5.41) is 5.45. The van der Waals surface area contributed by atoms with Crippen LogP contribution < -0.4 is 10.6 Å². The summed E-state index contributed by atoms with van der Waals surface area (Å²) in [5.41, 5.74) is 5.87. The molecule has 1 fully saturated rings. The second-order valence-electron chi connectivity index (χ2n) is 4.78. The van der Waals surface area contributed by atoms with Crippen molar-refractivity contribution in [3.05, 3.63) is 5.82 Å². The number of aromatic amines is 1. The Labute approximate surface area is 107 Å². The van der Waals surface area contributed by atoms with Gasteiger partial charge in [0.05, 0.1) is 0 Å². The molecule has 108 valence electrons. The second-order valence-corrected chi connectivity index (χ2v) is 4.78. The van der Waals surface area contributed by atoms with Gasteiger partial charge in [-0.05, 0) is 12.3 Å². The third-order valence-corrected chi connectivity index (χ3v) is 3.36. The number of nitrogens with zero attached hydrogens (tertiary/aromatic N) is 3. The highest BCUT2D eigenvalue weighted by molar-refractivity contribution is 5.31. The summed E-state index contributed by atoms with van der Waals surface area (Å²) >= 11 is 0. The average Bonchev–Trinajstić information content (AvgIpc) is 2.82.